The van der Waals surface area contributed by atoms with Crippen molar-refractivity contribution in [2.75, 3.05) is 11.4 Å². The van der Waals surface area contributed by atoms with Crippen LogP contribution in [0.3, 0.4) is 0 Å². The predicted octanol–water partition coefficient (Wildman–Crippen LogP) is 2.23. The summed E-state index contributed by atoms with van der Waals surface area (Å²) in [5.41, 5.74) is 0.121. The first-order chi connectivity index (χ1) is 6.62. The molecule has 1 aromatic heterocycles. The Bertz CT molecular complexity index is 312. The van der Waals surface area contributed by atoms with Crippen molar-refractivity contribution >= 4 is 21.7 Å². The number of alkyl halides is 1. The predicted molar refractivity (Wildman–Crippen MR) is 60.8 cm³/mol. The van der Waals surface area contributed by atoms with Gasteiger partial charge in [-0.05, 0) is 32.4 Å². The summed E-state index contributed by atoms with van der Waals surface area (Å²) in [4.78, 5) is 2.83. The molecule has 1 unspecified atom stereocenters. The molecular weight excluding hydrogens is 242 g/mol. The molecule has 0 aliphatic carbocycles. The first kappa shape index (κ1) is 9.90. The van der Waals surface area contributed by atoms with Crippen molar-refractivity contribution in [2.45, 2.75) is 30.6 Å². The maximum absolute atomic E-state index is 4.15. The Morgan fingerprint density at radius 2 is 2.36 bits per heavy atom. The van der Waals surface area contributed by atoms with Crippen molar-refractivity contribution in [3.63, 3.8) is 0 Å². The highest BCUT2D eigenvalue weighted by molar-refractivity contribution is 9.09. The highest BCUT2D eigenvalue weighted by Gasteiger charge is 2.40. The van der Waals surface area contributed by atoms with Gasteiger partial charge in [0.25, 0.3) is 0 Å². The van der Waals surface area contributed by atoms with Crippen LogP contribution in [0.1, 0.15) is 20.3 Å². The van der Waals surface area contributed by atoms with E-state index in [1.54, 1.807) is 6.20 Å². The smallest absolute Gasteiger partial charge is 0.151 e. The first-order valence-corrected chi connectivity index (χ1v) is 5.73. The van der Waals surface area contributed by atoms with E-state index in [-0.39, 0.29) is 5.54 Å². The van der Waals surface area contributed by atoms with Gasteiger partial charge in [0.05, 0.1) is 0 Å². The molecule has 0 bridgehead atoms. The van der Waals surface area contributed by atoms with Gasteiger partial charge in [-0.15, -0.1) is 5.10 Å². The summed E-state index contributed by atoms with van der Waals surface area (Å²) in [5.74, 6) is 0.972. The van der Waals surface area contributed by atoms with Gasteiger partial charge in [-0.25, -0.2) is 0 Å². The van der Waals surface area contributed by atoms with Crippen LogP contribution in [-0.2, 0) is 0 Å². The molecule has 0 saturated carbocycles. The van der Waals surface area contributed by atoms with Gasteiger partial charge in [-0.3, -0.25) is 0 Å². The summed E-state index contributed by atoms with van der Waals surface area (Å²) in [6, 6.07) is 3.94. The molecule has 0 amide bonds. The zero-order valence-corrected chi connectivity index (χ0v) is 10.0. The van der Waals surface area contributed by atoms with E-state index < -0.39 is 0 Å². The third-order valence-electron chi connectivity index (χ3n) is 2.90. The van der Waals surface area contributed by atoms with Crippen LogP contribution in [0.2, 0.25) is 0 Å². The first-order valence-electron chi connectivity index (χ1n) is 4.82. The van der Waals surface area contributed by atoms with Crippen molar-refractivity contribution in [2.24, 2.45) is 0 Å². The van der Waals surface area contributed by atoms with Gasteiger partial charge in [-0.2, -0.15) is 5.10 Å². The summed E-state index contributed by atoms with van der Waals surface area (Å²) in [7, 11) is 0. The molecule has 1 saturated heterocycles. The second-order valence-electron chi connectivity index (χ2n) is 4.14. The Morgan fingerprint density at radius 1 is 1.57 bits per heavy atom. The minimum atomic E-state index is 0.121. The van der Waals surface area contributed by atoms with Gasteiger partial charge in [0.2, 0.25) is 0 Å². The van der Waals surface area contributed by atoms with Gasteiger partial charge in [-0.1, -0.05) is 15.9 Å². The zero-order chi connectivity index (χ0) is 10.2. The minimum Gasteiger partial charge on any atom is -0.349 e. The Balaban J connectivity index is 2.29. The van der Waals surface area contributed by atoms with Crippen LogP contribution >= 0.6 is 15.9 Å². The van der Waals surface area contributed by atoms with Crippen LogP contribution in [0.25, 0.3) is 0 Å². The lowest BCUT2D eigenvalue weighted by atomic mass is 10.0. The molecule has 1 aliphatic rings. The molecule has 0 aromatic carbocycles. The van der Waals surface area contributed by atoms with Crippen LogP contribution in [0.5, 0.6) is 0 Å². The summed E-state index contributed by atoms with van der Waals surface area (Å²) in [6.07, 6.45) is 2.86. The zero-order valence-electron chi connectivity index (χ0n) is 8.44. The molecule has 1 atom stereocenters. The van der Waals surface area contributed by atoms with E-state index >= 15 is 0 Å². The molecule has 2 heterocycles. The second kappa shape index (κ2) is 3.50. The lowest BCUT2D eigenvalue weighted by molar-refractivity contribution is 0.528. The number of aromatic nitrogens is 2. The molecule has 2 rings (SSSR count). The number of hydrogen-bond donors (Lipinski definition) is 0. The fraction of sp³-hybridized carbons (Fsp3) is 0.600. The Labute approximate surface area is 92.7 Å². The van der Waals surface area contributed by atoms with Crippen LogP contribution in [0.15, 0.2) is 18.3 Å². The SMILES string of the molecule is CC1(C)C(Br)CCN1c1cccnn1. The average Bonchev–Trinajstić information content (AvgIpc) is 2.44. The van der Waals surface area contributed by atoms with Crippen LogP contribution < -0.4 is 4.90 Å². The van der Waals surface area contributed by atoms with Gasteiger partial charge in [0, 0.05) is 23.1 Å². The molecule has 0 spiro atoms. The number of halogens is 1. The quantitative estimate of drug-likeness (QED) is 0.721. The molecule has 3 nitrogen and oxygen atoms in total. The normalized spacial score (nSPS) is 25.4. The molecule has 0 radical (unpaired) electrons. The third kappa shape index (κ3) is 1.52. The molecule has 0 N–H and O–H groups in total. The fourth-order valence-electron chi connectivity index (χ4n) is 1.90. The molecule has 76 valence electrons. The standard InChI is InChI=1S/C10H14BrN3/c1-10(2)8(11)5-7-14(10)9-4-3-6-12-13-9/h3-4,6,8H,5,7H2,1-2H3. The van der Waals surface area contributed by atoms with Gasteiger partial charge in [0.15, 0.2) is 5.82 Å². The van der Waals surface area contributed by atoms with Gasteiger partial charge < -0.3 is 4.90 Å². The van der Waals surface area contributed by atoms with Crippen molar-refractivity contribution in [3.05, 3.63) is 18.3 Å². The van der Waals surface area contributed by atoms with E-state index in [1.807, 2.05) is 12.1 Å². The van der Waals surface area contributed by atoms with E-state index in [0.29, 0.717) is 4.83 Å². The highest BCUT2D eigenvalue weighted by Crippen LogP contribution is 2.36. The van der Waals surface area contributed by atoms with E-state index in [0.717, 1.165) is 18.8 Å². The molecule has 14 heavy (non-hydrogen) atoms. The monoisotopic (exact) mass is 255 g/mol. The molecule has 4 heteroatoms. The van der Waals surface area contributed by atoms with Crippen LogP contribution in [0.4, 0.5) is 5.82 Å². The molecule has 1 fully saturated rings. The van der Waals surface area contributed by atoms with E-state index in [1.165, 1.54) is 0 Å². The van der Waals surface area contributed by atoms with Crippen LogP contribution in [-0.4, -0.2) is 27.1 Å². The second-order valence-corrected chi connectivity index (χ2v) is 5.25. The van der Waals surface area contributed by atoms with E-state index in [4.69, 9.17) is 0 Å². The Morgan fingerprint density at radius 3 is 2.86 bits per heavy atom. The molecule has 1 aromatic rings. The van der Waals surface area contributed by atoms with Gasteiger partial charge in [0.1, 0.15) is 0 Å². The summed E-state index contributed by atoms with van der Waals surface area (Å²) >= 11 is 3.71. The Kier molecular flexibility index (Phi) is 2.47. The minimum absolute atomic E-state index is 0.121. The summed E-state index contributed by atoms with van der Waals surface area (Å²) < 4.78 is 0. The lowest BCUT2D eigenvalue weighted by Gasteiger charge is -2.34. The lowest BCUT2D eigenvalue weighted by Crippen LogP contribution is -2.43. The number of anilines is 1. The van der Waals surface area contributed by atoms with Crippen molar-refractivity contribution in [1.29, 1.82) is 0 Å². The molecular formula is C10H14BrN3. The van der Waals surface area contributed by atoms with Crippen molar-refractivity contribution in [1.82, 2.24) is 10.2 Å². The van der Waals surface area contributed by atoms with E-state index in [9.17, 15) is 0 Å². The Hall–Kier alpha value is -0.640. The van der Waals surface area contributed by atoms with Crippen molar-refractivity contribution < 1.29 is 0 Å². The third-order valence-corrected chi connectivity index (χ3v) is 4.48. The number of nitrogens with zero attached hydrogens (tertiary/aromatic N) is 3. The van der Waals surface area contributed by atoms with Crippen LogP contribution in [0, 0.1) is 0 Å². The topological polar surface area (TPSA) is 29.0 Å². The van der Waals surface area contributed by atoms with Gasteiger partial charge >= 0.3 is 0 Å². The number of rotatable bonds is 1. The highest BCUT2D eigenvalue weighted by atomic mass is 79.9. The molecule has 1 aliphatic heterocycles. The maximum atomic E-state index is 4.15. The summed E-state index contributed by atoms with van der Waals surface area (Å²) in [5, 5.41) is 8.06. The summed E-state index contributed by atoms with van der Waals surface area (Å²) in [6.45, 7) is 5.50. The largest absolute Gasteiger partial charge is 0.349 e. The maximum Gasteiger partial charge on any atom is 0.151 e. The van der Waals surface area contributed by atoms with Crippen molar-refractivity contribution in [3.8, 4) is 0 Å². The number of hydrogen-bond acceptors (Lipinski definition) is 3. The average molecular weight is 256 g/mol. The fourth-order valence-corrected chi connectivity index (χ4v) is 2.35. The van der Waals surface area contributed by atoms with E-state index in [2.05, 4.69) is 44.9 Å².